The third-order valence-corrected chi connectivity index (χ3v) is 5.05. The largest absolute Gasteiger partial charge is 0.463 e. The van der Waals surface area contributed by atoms with E-state index in [0.717, 1.165) is 32.1 Å². The second-order valence-corrected chi connectivity index (χ2v) is 8.39. The van der Waals surface area contributed by atoms with Gasteiger partial charge in [-0.25, -0.2) is 4.18 Å². The molecule has 1 unspecified atom stereocenters. The van der Waals surface area contributed by atoms with Crippen LogP contribution in [0, 0.1) is 0 Å². The van der Waals surface area contributed by atoms with Gasteiger partial charge >= 0.3 is 16.4 Å². The van der Waals surface area contributed by atoms with Gasteiger partial charge in [-0.05, 0) is 32.1 Å². The van der Waals surface area contributed by atoms with Gasteiger partial charge in [0.15, 0.2) is 0 Å². The minimum atomic E-state index is -4.68. The highest BCUT2D eigenvalue weighted by Crippen LogP contribution is 2.10. The predicted molar refractivity (Wildman–Crippen MR) is 114 cm³/mol. The number of hydrogen-bond donors (Lipinski definition) is 2. The second kappa shape index (κ2) is 19.0. The smallest absolute Gasteiger partial charge is 0.397 e. The molecule has 0 amide bonds. The molecular formula is C21H40O7S. The number of unbranched alkanes of at least 4 members (excludes halogenated alkanes) is 11. The predicted octanol–water partition coefficient (Wildman–Crippen LogP) is 4.75. The number of aliphatic hydroxyl groups excluding tert-OH is 1. The molecule has 0 bridgehead atoms. The fraction of sp³-hybridized carbons (Fsp3) is 0.857. The summed E-state index contributed by atoms with van der Waals surface area (Å²) in [6.45, 7) is 1.14. The summed E-state index contributed by atoms with van der Waals surface area (Å²) < 4.78 is 38.6. The minimum absolute atomic E-state index is 0.238. The molecule has 0 radical (unpaired) electrons. The van der Waals surface area contributed by atoms with Gasteiger partial charge in [0.2, 0.25) is 0 Å². The maximum Gasteiger partial charge on any atom is 0.397 e. The van der Waals surface area contributed by atoms with Crippen LogP contribution in [0.15, 0.2) is 12.2 Å². The van der Waals surface area contributed by atoms with Crippen molar-refractivity contribution in [3.05, 3.63) is 12.2 Å². The molecule has 0 aromatic rings. The fourth-order valence-corrected chi connectivity index (χ4v) is 3.34. The molecule has 172 valence electrons. The van der Waals surface area contributed by atoms with Gasteiger partial charge in [0.25, 0.3) is 0 Å². The SMILES string of the molecule is CCCCCCCC/C=C\CCCCCCCC(=O)OCC(CO)OS(=O)(=O)O. The Morgan fingerprint density at radius 1 is 0.897 bits per heavy atom. The van der Waals surface area contributed by atoms with Crippen LogP contribution in [0.3, 0.4) is 0 Å². The average Bonchev–Trinajstić information content (AvgIpc) is 2.67. The van der Waals surface area contributed by atoms with Crippen molar-refractivity contribution >= 4 is 16.4 Å². The van der Waals surface area contributed by atoms with E-state index in [0.29, 0.717) is 6.42 Å². The number of hydrogen-bond acceptors (Lipinski definition) is 6. The highest BCUT2D eigenvalue weighted by molar-refractivity contribution is 7.80. The lowest BCUT2D eigenvalue weighted by molar-refractivity contribution is -0.146. The van der Waals surface area contributed by atoms with Gasteiger partial charge in [0.05, 0.1) is 6.61 Å². The molecule has 0 fully saturated rings. The molecule has 0 aliphatic rings. The average molecular weight is 437 g/mol. The third-order valence-electron chi connectivity index (χ3n) is 4.53. The summed E-state index contributed by atoms with van der Waals surface area (Å²) in [6.07, 6.45) is 18.8. The third kappa shape index (κ3) is 21.6. The van der Waals surface area contributed by atoms with Crippen molar-refractivity contribution in [3.63, 3.8) is 0 Å². The number of carbonyl (C=O) groups is 1. The van der Waals surface area contributed by atoms with Crippen LogP contribution in [-0.4, -0.2) is 43.4 Å². The van der Waals surface area contributed by atoms with E-state index in [1.54, 1.807) is 0 Å². The van der Waals surface area contributed by atoms with E-state index in [-0.39, 0.29) is 6.42 Å². The fourth-order valence-electron chi connectivity index (χ4n) is 2.88. The molecule has 8 heteroatoms. The molecule has 0 aliphatic heterocycles. The van der Waals surface area contributed by atoms with Crippen molar-refractivity contribution in [2.45, 2.75) is 103 Å². The summed E-state index contributed by atoms with van der Waals surface area (Å²) >= 11 is 0. The molecule has 0 saturated heterocycles. The normalized spacial score (nSPS) is 13.1. The summed E-state index contributed by atoms with van der Waals surface area (Å²) in [6, 6.07) is 0. The van der Waals surface area contributed by atoms with Crippen molar-refractivity contribution in [2.24, 2.45) is 0 Å². The first-order valence-electron chi connectivity index (χ1n) is 11.0. The molecule has 2 N–H and O–H groups in total. The monoisotopic (exact) mass is 436 g/mol. The maximum atomic E-state index is 11.6. The Labute approximate surface area is 176 Å². The van der Waals surface area contributed by atoms with Crippen molar-refractivity contribution < 1.29 is 31.8 Å². The highest BCUT2D eigenvalue weighted by atomic mass is 32.3. The molecule has 0 rings (SSSR count). The molecule has 0 saturated carbocycles. The van der Waals surface area contributed by atoms with Crippen LogP contribution in [0.2, 0.25) is 0 Å². The van der Waals surface area contributed by atoms with E-state index in [2.05, 4.69) is 23.3 Å². The summed E-state index contributed by atoms with van der Waals surface area (Å²) in [7, 11) is -4.68. The van der Waals surface area contributed by atoms with E-state index in [9.17, 15) is 13.2 Å². The lowest BCUT2D eigenvalue weighted by Gasteiger charge is -2.12. The van der Waals surface area contributed by atoms with Gasteiger partial charge in [-0.1, -0.05) is 70.4 Å². The molecular weight excluding hydrogens is 396 g/mol. The number of allylic oxidation sites excluding steroid dienone is 2. The van der Waals surface area contributed by atoms with Crippen LogP contribution in [0.4, 0.5) is 0 Å². The van der Waals surface area contributed by atoms with Gasteiger partial charge in [-0.3, -0.25) is 9.35 Å². The summed E-state index contributed by atoms with van der Waals surface area (Å²) in [5.74, 6) is -0.472. The van der Waals surface area contributed by atoms with Gasteiger partial charge in [-0.2, -0.15) is 8.42 Å². The molecule has 0 heterocycles. The molecule has 1 atom stereocenters. The molecule has 29 heavy (non-hydrogen) atoms. The summed E-state index contributed by atoms with van der Waals surface area (Å²) in [5, 5.41) is 8.92. The molecule has 0 aromatic carbocycles. The topological polar surface area (TPSA) is 110 Å². The van der Waals surface area contributed by atoms with Gasteiger partial charge in [0, 0.05) is 6.42 Å². The van der Waals surface area contributed by atoms with Crippen LogP contribution in [-0.2, 0) is 24.1 Å². The van der Waals surface area contributed by atoms with Crippen LogP contribution < -0.4 is 0 Å². The zero-order valence-electron chi connectivity index (χ0n) is 17.9. The van der Waals surface area contributed by atoms with Crippen LogP contribution in [0.1, 0.15) is 96.8 Å². The Hall–Kier alpha value is -0.960. The first-order valence-corrected chi connectivity index (χ1v) is 12.3. The zero-order chi connectivity index (χ0) is 21.8. The minimum Gasteiger partial charge on any atom is -0.463 e. The lowest BCUT2D eigenvalue weighted by atomic mass is 10.1. The van der Waals surface area contributed by atoms with E-state index >= 15 is 0 Å². The first-order chi connectivity index (χ1) is 13.9. The maximum absolute atomic E-state index is 11.6. The van der Waals surface area contributed by atoms with E-state index in [1.165, 1.54) is 44.9 Å². The van der Waals surface area contributed by atoms with Crippen LogP contribution in [0.5, 0.6) is 0 Å². The number of rotatable bonds is 20. The summed E-state index contributed by atoms with van der Waals surface area (Å²) in [4.78, 5) is 11.6. The Bertz CT molecular complexity index is 517. The summed E-state index contributed by atoms with van der Waals surface area (Å²) in [5.41, 5.74) is 0. The van der Waals surface area contributed by atoms with Gasteiger partial charge < -0.3 is 9.84 Å². The second-order valence-electron chi connectivity index (χ2n) is 7.35. The highest BCUT2D eigenvalue weighted by Gasteiger charge is 2.18. The van der Waals surface area contributed by atoms with Crippen molar-refractivity contribution in [1.82, 2.24) is 0 Å². The van der Waals surface area contributed by atoms with E-state index in [4.69, 9.17) is 14.4 Å². The number of carbonyl (C=O) groups excluding carboxylic acids is 1. The molecule has 0 aromatic heterocycles. The Morgan fingerprint density at radius 3 is 1.93 bits per heavy atom. The van der Waals surface area contributed by atoms with Crippen LogP contribution in [0.25, 0.3) is 0 Å². The van der Waals surface area contributed by atoms with Crippen molar-refractivity contribution in [3.8, 4) is 0 Å². The van der Waals surface area contributed by atoms with E-state index in [1.807, 2.05) is 0 Å². The standard InChI is InChI=1S/C21H40O7S/c1-2-3-4-5-6-7-8-9-10-11-12-13-14-15-16-17-21(23)27-19-20(18-22)28-29(24,25)26/h9-10,20,22H,2-8,11-19H2,1H3,(H,24,25,26)/b10-9-. The van der Waals surface area contributed by atoms with Crippen LogP contribution >= 0.6 is 0 Å². The molecule has 0 spiro atoms. The number of esters is 1. The lowest BCUT2D eigenvalue weighted by Crippen LogP contribution is -2.28. The van der Waals surface area contributed by atoms with Gasteiger partial charge in [0.1, 0.15) is 12.7 Å². The Balaban J connectivity index is 3.47. The first kappa shape index (κ1) is 28.0. The Morgan fingerprint density at radius 2 is 1.41 bits per heavy atom. The van der Waals surface area contributed by atoms with Gasteiger partial charge in [-0.15, -0.1) is 0 Å². The zero-order valence-corrected chi connectivity index (χ0v) is 18.7. The van der Waals surface area contributed by atoms with Crippen molar-refractivity contribution in [2.75, 3.05) is 13.2 Å². The molecule has 0 aliphatic carbocycles. The quantitative estimate of drug-likeness (QED) is 0.123. The van der Waals surface area contributed by atoms with Crippen molar-refractivity contribution in [1.29, 1.82) is 0 Å². The Kier molecular flexibility index (Phi) is 18.4. The number of ether oxygens (including phenoxy) is 1. The van der Waals surface area contributed by atoms with E-state index < -0.39 is 35.7 Å². The number of aliphatic hydroxyl groups is 1. The molecule has 7 nitrogen and oxygen atoms in total.